The van der Waals surface area contributed by atoms with Crippen LogP contribution < -0.4 is 14.8 Å². The SMILES string of the molecule is C=CCNC(=O)c1ccc(CNS(=O)(=O)c2ccccc2OC)cc1. The summed E-state index contributed by atoms with van der Waals surface area (Å²) in [7, 11) is -2.28. The van der Waals surface area contributed by atoms with Crippen LogP contribution in [0.4, 0.5) is 0 Å². The summed E-state index contributed by atoms with van der Waals surface area (Å²) in [5.41, 5.74) is 1.23. The second-order valence-electron chi connectivity index (χ2n) is 5.17. The van der Waals surface area contributed by atoms with Crippen molar-refractivity contribution in [2.45, 2.75) is 11.4 Å². The van der Waals surface area contributed by atoms with Gasteiger partial charge in [0.25, 0.3) is 5.91 Å². The molecule has 0 unspecified atom stereocenters. The number of hydrogen-bond donors (Lipinski definition) is 2. The molecule has 132 valence electrons. The van der Waals surface area contributed by atoms with Crippen LogP contribution in [0.15, 0.2) is 66.1 Å². The van der Waals surface area contributed by atoms with E-state index in [1.165, 1.54) is 13.2 Å². The number of benzene rings is 2. The number of nitrogens with one attached hydrogen (secondary N) is 2. The van der Waals surface area contributed by atoms with E-state index in [0.29, 0.717) is 12.1 Å². The lowest BCUT2D eigenvalue weighted by molar-refractivity contribution is 0.0958. The van der Waals surface area contributed by atoms with Crippen molar-refractivity contribution in [3.05, 3.63) is 72.3 Å². The first-order valence-electron chi connectivity index (χ1n) is 7.58. The Morgan fingerprint density at radius 3 is 2.48 bits per heavy atom. The van der Waals surface area contributed by atoms with Crippen LogP contribution in [0.1, 0.15) is 15.9 Å². The van der Waals surface area contributed by atoms with Crippen molar-refractivity contribution in [3.63, 3.8) is 0 Å². The number of methoxy groups -OCH3 is 1. The lowest BCUT2D eigenvalue weighted by atomic mass is 10.1. The highest BCUT2D eigenvalue weighted by molar-refractivity contribution is 7.89. The van der Waals surface area contributed by atoms with E-state index in [9.17, 15) is 13.2 Å². The molecule has 7 heteroatoms. The lowest BCUT2D eigenvalue weighted by Crippen LogP contribution is -2.24. The summed E-state index contributed by atoms with van der Waals surface area (Å²) in [5, 5.41) is 2.68. The van der Waals surface area contributed by atoms with Crippen LogP contribution in [-0.2, 0) is 16.6 Å². The van der Waals surface area contributed by atoms with Gasteiger partial charge in [0, 0.05) is 18.7 Å². The van der Waals surface area contributed by atoms with Gasteiger partial charge >= 0.3 is 0 Å². The van der Waals surface area contributed by atoms with Crippen LogP contribution in [0, 0.1) is 0 Å². The van der Waals surface area contributed by atoms with Crippen molar-refractivity contribution in [2.75, 3.05) is 13.7 Å². The van der Waals surface area contributed by atoms with Gasteiger partial charge in [-0.25, -0.2) is 13.1 Å². The molecule has 0 aromatic heterocycles. The van der Waals surface area contributed by atoms with Crippen molar-refractivity contribution in [3.8, 4) is 5.75 Å². The summed E-state index contributed by atoms with van der Waals surface area (Å²) in [5.74, 6) is 0.0743. The van der Waals surface area contributed by atoms with Gasteiger partial charge in [-0.1, -0.05) is 30.3 Å². The molecule has 2 aromatic carbocycles. The molecule has 2 aromatic rings. The van der Waals surface area contributed by atoms with E-state index in [0.717, 1.165) is 5.56 Å². The molecule has 0 bridgehead atoms. The van der Waals surface area contributed by atoms with E-state index >= 15 is 0 Å². The third-order valence-electron chi connectivity index (χ3n) is 3.45. The second kappa shape index (κ2) is 8.46. The number of ether oxygens (including phenoxy) is 1. The Morgan fingerprint density at radius 1 is 1.16 bits per heavy atom. The molecular formula is C18H20N2O4S. The predicted octanol–water partition coefficient (Wildman–Crippen LogP) is 2.09. The van der Waals surface area contributed by atoms with Crippen LogP contribution in [-0.4, -0.2) is 28.0 Å². The Hall–Kier alpha value is -2.64. The van der Waals surface area contributed by atoms with E-state index in [1.807, 2.05) is 0 Å². The van der Waals surface area contributed by atoms with Gasteiger partial charge in [0.15, 0.2) is 0 Å². The number of para-hydroxylation sites is 1. The number of rotatable bonds is 8. The van der Waals surface area contributed by atoms with Crippen molar-refractivity contribution < 1.29 is 17.9 Å². The molecule has 25 heavy (non-hydrogen) atoms. The molecule has 0 radical (unpaired) electrons. The molecule has 0 saturated carbocycles. The maximum absolute atomic E-state index is 12.4. The van der Waals surface area contributed by atoms with Crippen LogP contribution >= 0.6 is 0 Å². The van der Waals surface area contributed by atoms with Gasteiger partial charge in [0.05, 0.1) is 7.11 Å². The number of carbonyl (C=O) groups is 1. The third-order valence-corrected chi connectivity index (χ3v) is 4.89. The summed E-state index contributed by atoms with van der Waals surface area (Å²) in [6.45, 7) is 4.03. The predicted molar refractivity (Wildman–Crippen MR) is 96.0 cm³/mol. The van der Waals surface area contributed by atoms with Gasteiger partial charge in [0.2, 0.25) is 10.0 Å². The van der Waals surface area contributed by atoms with Crippen molar-refractivity contribution >= 4 is 15.9 Å². The molecule has 0 aliphatic carbocycles. The third kappa shape index (κ3) is 4.91. The fourth-order valence-corrected chi connectivity index (χ4v) is 3.32. The van der Waals surface area contributed by atoms with E-state index < -0.39 is 10.0 Å². The molecule has 6 nitrogen and oxygen atoms in total. The van der Waals surface area contributed by atoms with Gasteiger partial charge < -0.3 is 10.1 Å². The normalized spacial score (nSPS) is 10.9. The molecule has 2 N–H and O–H groups in total. The van der Waals surface area contributed by atoms with Gasteiger partial charge in [-0.3, -0.25) is 4.79 Å². The number of sulfonamides is 1. The number of hydrogen-bond acceptors (Lipinski definition) is 4. The van der Waals surface area contributed by atoms with Gasteiger partial charge in [-0.05, 0) is 29.8 Å². The van der Waals surface area contributed by atoms with Crippen molar-refractivity contribution in [1.82, 2.24) is 10.0 Å². The molecule has 0 atom stereocenters. The van der Waals surface area contributed by atoms with Crippen LogP contribution in [0.25, 0.3) is 0 Å². The Kier molecular flexibility index (Phi) is 6.32. The van der Waals surface area contributed by atoms with Crippen molar-refractivity contribution in [1.29, 1.82) is 0 Å². The van der Waals surface area contributed by atoms with Crippen molar-refractivity contribution in [2.24, 2.45) is 0 Å². The van der Waals surface area contributed by atoms with E-state index in [2.05, 4.69) is 16.6 Å². The monoisotopic (exact) mass is 360 g/mol. The Balaban J connectivity index is 2.05. The Morgan fingerprint density at radius 2 is 1.84 bits per heavy atom. The molecule has 0 heterocycles. The summed E-state index contributed by atoms with van der Waals surface area (Å²) in [6.07, 6.45) is 1.60. The highest BCUT2D eigenvalue weighted by Gasteiger charge is 2.18. The lowest BCUT2D eigenvalue weighted by Gasteiger charge is -2.11. The largest absolute Gasteiger partial charge is 0.495 e. The maximum Gasteiger partial charge on any atom is 0.251 e. The van der Waals surface area contributed by atoms with Crippen LogP contribution in [0.2, 0.25) is 0 Å². The zero-order valence-corrected chi connectivity index (χ0v) is 14.7. The van der Waals surface area contributed by atoms with E-state index in [-0.39, 0.29) is 23.1 Å². The highest BCUT2D eigenvalue weighted by atomic mass is 32.2. The Labute approximate surface area is 147 Å². The van der Waals surface area contributed by atoms with Gasteiger partial charge in [-0.2, -0.15) is 0 Å². The Bertz CT molecular complexity index is 846. The average molecular weight is 360 g/mol. The van der Waals surface area contributed by atoms with Gasteiger partial charge in [-0.15, -0.1) is 6.58 Å². The van der Waals surface area contributed by atoms with E-state index in [1.54, 1.807) is 48.5 Å². The zero-order valence-electron chi connectivity index (χ0n) is 13.9. The molecule has 2 rings (SSSR count). The summed E-state index contributed by atoms with van der Waals surface area (Å²) in [6, 6.07) is 13.1. The molecule has 0 aliphatic rings. The first kappa shape index (κ1) is 18.7. The van der Waals surface area contributed by atoms with Crippen LogP contribution in [0.5, 0.6) is 5.75 Å². The zero-order chi connectivity index (χ0) is 18.3. The standard InChI is InChI=1S/C18H20N2O4S/c1-3-12-19-18(21)15-10-8-14(9-11-15)13-20-25(22,23)17-7-5-4-6-16(17)24-2/h3-11,20H,1,12-13H2,2H3,(H,19,21). The molecular weight excluding hydrogens is 340 g/mol. The molecule has 0 saturated heterocycles. The minimum absolute atomic E-state index is 0.0814. The first-order chi connectivity index (χ1) is 12.0. The summed E-state index contributed by atoms with van der Waals surface area (Å²) >= 11 is 0. The second-order valence-corrected chi connectivity index (χ2v) is 6.91. The number of amides is 1. The highest BCUT2D eigenvalue weighted by Crippen LogP contribution is 2.22. The minimum Gasteiger partial charge on any atom is -0.495 e. The first-order valence-corrected chi connectivity index (χ1v) is 9.07. The summed E-state index contributed by atoms with van der Waals surface area (Å²) < 4.78 is 32.4. The topological polar surface area (TPSA) is 84.5 Å². The van der Waals surface area contributed by atoms with E-state index in [4.69, 9.17) is 4.74 Å². The minimum atomic E-state index is -3.71. The fourth-order valence-electron chi connectivity index (χ4n) is 2.14. The smallest absolute Gasteiger partial charge is 0.251 e. The molecule has 0 fully saturated rings. The average Bonchev–Trinajstić information content (AvgIpc) is 2.64. The molecule has 0 aliphatic heterocycles. The van der Waals surface area contributed by atoms with Crippen LogP contribution in [0.3, 0.4) is 0 Å². The molecule has 1 amide bonds. The number of carbonyl (C=O) groups excluding carboxylic acids is 1. The van der Waals surface area contributed by atoms with Gasteiger partial charge in [0.1, 0.15) is 10.6 Å². The molecule has 0 spiro atoms. The summed E-state index contributed by atoms with van der Waals surface area (Å²) in [4.78, 5) is 11.9. The fraction of sp³-hybridized carbons (Fsp3) is 0.167. The quantitative estimate of drug-likeness (QED) is 0.706. The maximum atomic E-state index is 12.4.